The van der Waals surface area contributed by atoms with Gasteiger partial charge in [-0.15, -0.1) is 0 Å². The Kier molecular flexibility index (Phi) is 11.6. The molecular weight excluding hydrogens is 508 g/mol. The Morgan fingerprint density at radius 1 is 0.625 bits per heavy atom. The van der Waals surface area contributed by atoms with Gasteiger partial charge in [0.05, 0.1) is 38.7 Å². The normalized spacial score (nSPS) is 10.6. The first-order chi connectivity index (χ1) is 19.8. The van der Waals surface area contributed by atoms with Crippen LogP contribution in [0.25, 0.3) is 0 Å². The molecule has 1 amide bonds. The van der Waals surface area contributed by atoms with E-state index in [1.807, 2.05) is 66.7 Å². The summed E-state index contributed by atoms with van der Waals surface area (Å²) in [5, 5.41) is 12.5. The quantitative estimate of drug-likeness (QED) is 0.147. The highest BCUT2D eigenvalue weighted by molar-refractivity contribution is 5.94. The Morgan fingerprint density at radius 3 is 1.90 bits per heavy atom. The first kappa shape index (κ1) is 28.4. The molecular formula is C29H34N8O3. The van der Waals surface area contributed by atoms with Gasteiger partial charge in [0.25, 0.3) is 5.91 Å². The van der Waals surface area contributed by atoms with Gasteiger partial charge >= 0.3 is 0 Å². The maximum Gasteiger partial charge on any atom is 0.251 e. The number of ether oxygens (including phenoxy) is 2. The van der Waals surface area contributed by atoms with Gasteiger partial charge in [0.15, 0.2) is 0 Å². The molecule has 4 N–H and O–H groups in total. The van der Waals surface area contributed by atoms with Crippen LogP contribution in [-0.2, 0) is 22.6 Å². The second-order valence-corrected chi connectivity index (χ2v) is 8.59. The van der Waals surface area contributed by atoms with Crippen molar-refractivity contribution in [1.29, 1.82) is 0 Å². The molecule has 0 radical (unpaired) electrons. The van der Waals surface area contributed by atoms with Gasteiger partial charge in [0.1, 0.15) is 0 Å². The average Bonchev–Trinajstić information content (AvgIpc) is 3.01. The van der Waals surface area contributed by atoms with Crippen LogP contribution in [0.1, 0.15) is 21.6 Å². The summed E-state index contributed by atoms with van der Waals surface area (Å²) >= 11 is 0. The molecule has 0 saturated carbocycles. The van der Waals surface area contributed by atoms with Crippen molar-refractivity contribution in [3.05, 3.63) is 102 Å². The Labute approximate surface area is 233 Å². The molecule has 208 valence electrons. The van der Waals surface area contributed by atoms with Gasteiger partial charge in [-0.25, -0.2) is 0 Å². The predicted molar refractivity (Wildman–Crippen MR) is 154 cm³/mol. The lowest BCUT2D eigenvalue weighted by Crippen LogP contribution is -2.27. The molecule has 4 rings (SSSR count). The van der Waals surface area contributed by atoms with E-state index in [2.05, 4.69) is 41.2 Å². The van der Waals surface area contributed by atoms with E-state index < -0.39 is 0 Å². The number of hydrogen-bond acceptors (Lipinski definition) is 10. The number of pyridine rings is 1. The lowest BCUT2D eigenvalue weighted by Gasteiger charge is -2.12. The Balaban J connectivity index is 1.16. The largest absolute Gasteiger partial charge is 0.377 e. The van der Waals surface area contributed by atoms with Crippen molar-refractivity contribution in [3.63, 3.8) is 0 Å². The van der Waals surface area contributed by atoms with E-state index in [9.17, 15) is 4.79 Å². The Bertz CT molecular complexity index is 1220. The van der Waals surface area contributed by atoms with Gasteiger partial charge < -0.3 is 30.7 Å². The molecule has 0 unspecified atom stereocenters. The Hall–Kier alpha value is -4.61. The van der Waals surface area contributed by atoms with E-state index in [-0.39, 0.29) is 5.91 Å². The average molecular weight is 543 g/mol. The van der Waals surface area contributed by atoms with Gasteiger partial charge in [-0.05, 0) is 29.8 Å². The first-order valence-corrected chi connectivity index (χ1v) is 13.2. The van der Waals surface area contributed by atoms with E-state index in [0.29, 0.717) is 76.0 Å². The number of carbonyl (C=O) groups is 1. The molecule has 11 heteroatoms. The minimum atomic E-state index is -0.113. The van der Waals surface area contributed by atoms with E-state index in [4.69, 9.17) is 9.47 Å². The van der Waals surface area contributed by atoms with Gasteiger partial charge in [-0.3, -0.25) is 9.78 Å². The summed E-state index contributed by atoms with van der Waals surface area (Å²) in [6.07, 6.45) is 1.75. The summed E-state index contributed by atoms with van der Waals surface area (Å²) < 4.78 is 11.2. The smallest absolute Gasteiger partial charge is 0.251 e. The summed E-state index contributed by atoms with van der Waals surface area (Å²) in [5.74, 6) is 1.22. The highest BCUT2D eigenvalue weighted by atomic mass is 16.5. The van der Waals surface area contributed by atoms with Crippen molar-refractivity contribution < 1.29 is 14.3 Å². The summed E-state index contributed by atoms with van der Waals surface area (Å²) in [4.78, 5) is 29.8. The van der Waals surface area contributed by atoms with E-state index in [0.717, 1.165) is 11.3 Å². The van der Waals surface area contributed by atoms with Gasteiger partial charge in [0, 0.05) is 31.4 Å². The Morgan fingerprint density at radius 2 is 1.23 bits per heavy atom. The van der Waals surface area contributed by atoms with Crippen molar-refractivity contribution >= 4 is 23.8 Å². The summed E-state index contributed by atoms with van der Waals surface area (Å²) in [7, 11) is 0. The van der Waals surface area contributed by atoms with Crippen LogP contribution in [-0.4, -0.2) is 65.4 Å². The van der Waals surface area contributed by atoms with E-state index >= 15 is 0 Å². The third-order valence-corrected chi connectivity index (χ3v) is 5.55. The van der Waals surface area contributed by atoms with Crippen LogP contribution in [0.5, 0.6) is 0 Å². The molecule has 0 aliphatic heterocycles. The van der Waals surface area contributed by atoms with Crippen molar-refractivity contribution in [3.8, 4) is 0 Å². The fraction of sp³-hybridized carbons (Fsp3) is 0.276. The van der Waals surface area contributed by atoms with Gasteiger partial charge in [-0.1, -0.05) is 54.6 Å². The number of carbonyl (C=O) groups excluding carboxylic acids is 1. The van der Waals surface area contributed by atoms with Crippen molar-refractivity contribution in [2.75, 3.05) is 55.5 Å². The zero-order chi connectivity index (χ0) is 27.7. The van der Waals surface area contributed by atoms with Gasteiger partial charge in [-0.2, -0.15) is 15.0 Å². The van der Waals surface area contributed by atoms with E-state index in [1.54, 1.807) is 18.3 Å². The third kappa shape index (κ3) is 10.3. The maximum atomic E-state index is 12.0. The lowest BCUT2D eigenvalue weighted by atomic mass is 10.2. The SMILES string of the molecule is O=C(NCCOCCOCCNc1nc(NCc2ccccc2)nc(NCc2ccccn2)n1)c1ccccc1. The number of amides is 1. The predicted octanol–water partition coefficient (Wildman–Crippen LogP) is 3.37. The molecule has 11 nitrogen and oxygen atoms in total. The van der Waals surface area contributed by atoms with Crippen LogP contribution < -0.4 is 21.3 Å². The van der Waals surface area contributed by atoms with Crippen LogP contribution in [0, 0.1) is 0 Å². The highest BCUT2D eigenvalue weighted by Gasteiger charge is 2.07. The summed E-state index contributed by atoms with van der Waals surface area (Å²) in [6.45, 7) is 3.75. The van der Waals surface area contributed by atoms with Crippen LogP contribution in [0.2, 0.25) is 0 Å². The summed E-state index contributed by atoms with van der Waals surface area (Å²) in [5.41, 5.74) is 2.63. The molecule has 4 aromatic rings. The van der Waals surface area contributed by atoms with Crippen molar-refractivity contribution in [2.24, 2.45) is 0 Å². The second-order valence-electron chi connectivity index (χ2n) is 8.59. The highest BCUT2D eigenvalue weighted by Crippen LogP contribution is 2.12. The molecule has 0 fully saturated rings. The molecule has 0 atom stereocenters. The standard InChI is InChI=1S/C29H34N8O3/c38-26(24-11-5-2-6-12-24)31-15-17-39-19-20-40-18-16-32-27-35-28(33-21-23-9-3-1-4-10-23)37-29(36-27)34-22-25-13-7-8-14-30-25/h1-14H,15-22H2,(H,31,38)(H3,32,33,34,35,36,37). The van der Waals surface area contributed by atoms with Crippen molar-refractivity contribution in [2.45, 2.75) is 13.1 Å². The number of nitrogens with zero attached hydrogens (tertiary/aromatic N) is 4. The topological polar surface area (TPSA) is 135 Å². The van der Waals surface area contributed by atoms with Gasteiger partial charge in [0.2, 0.25) is 17.8 Å². The second kappa shape index (κ2) is 16.4. The fourth-order valence-electron chi connectivity index (χ4n) is 3.55. The molecule has 2 aromatic heterocycles. The first-order valence-electron chi connectivity index (χ1n) is 13.2. The number of rotatable bonds is 17. The van der Waals surface area contributed by atoms with Crippen LogP contribution >= 0.6 is 0 Å². The fourth-order valence-corrected chi connectivity index (χ4v) is 3.55. The molecule has 0 saturated heterocycles. The minimum absolute atomic E-state index is 0.113. The lowest BCUT2D eigenvalue weighted by molar-refractivity contribution is 0.0519. The molecule has 0 aliphatic carbocycles. The molecule has 2 aromatic carbocycles. The molecule has 0 bridgehead atoms. The zero-order valence-electron chi connectivity index (χ0n) is 22.3. The molecule has 40 heavy (non-hydrogen) atoms. The number of nitrogens with one attached hydrogen (secondary N) is 4. The number of anilines is 3. The third-order valence-electron chi connectivity index (χ3n) is 5.55. The molecule has 0 aliphatic rings. The maximum absolute atomic E-state index is 12.0. The minimum Gasteiger partial charge on any atom is -0.377 e. The van der Waals surface area contributed by atoms with Crippen LogP contribution in [0.15, 0.2) is 85.1 Å². The van der Waals surface area contributed by atoms with E-state index in [1.165, 1.54) is 0 Å². The van der Waals surface area contributed by atoms with Crippen molar-refractivity contribution in [1.82, 2.24) is 25.3 Å². The molecule has 2 heterocycles. The number of aromatic nitrogens is 4. The number of benzene rings is 2. The molecule has 0 spiro atoms. The van der Waals surface area contributed by atoms with Crippen LogP contribution in [0.3, 0.4) is 0 Å². The summed E-state index contributed by atoms with van der Waals surface area (Å²) in [6, 6.07) is 24.9. The zero-order valence-corrected chi connectivity index (χ0v) is 22.3. The number of hydrogen-bond donors (Lipinski definition) is 4. The van der Waals surface area contributed by atoms with Crippen LogP contribution in [0.4, 0.5) is 17.8 Å². The monoisotopic (exact) mass is 542 g/mol.